The van der Waals surface area contributed by atoms with Crippen LogP contribution < -0.4 is 5.32 Å². The predicted molar refractivity (Wildman–Crippen MR) is 113 cm³/mol. The number of nitrogens with zero attached hydrogens (tertiary/aromatic N) is 1. The monoisotopic (exact) mass is 418 g/mol. The molecule has 1 heterocycles. The molecule has 0 aliphatic carbocycles. The number of piperidine rings is 1. The Balaban J connectivity index is 1.64. The Morgan fingerprint density at radius 3 is 2.50 bits per heavy atom. The highest BCUT2D eigenvalue weighted by Gasteiger charge is 2.27. The van der Waals surface area contributed by atoms with Gasteiger partial charge in [0.1, 0.15) is 0 Å². The Morgan fingerprint density at radius 2 is 1.79 bits per heavy atom. The third-order valence-corrected chi connectivity index (χ3v) is 7.71. The summed E-state index contributed by atoms with van der Waals surface area (Å²) in [5, 5.41) is 2.90. The Labute approximate surface area is 171 Å². The third-order valence-electron chi connectivity index (χ3n) is 4.81. The maximum Gasteiger partial charge on any atom is 0.251 e. The van der Waals surface area contributed by atoms with Gasteiger partial charge in [0, 0.05) is 35.8 Å². The zero-order chi connectivity index (χ0) is 20.0. The first-order valence-electron chi connectivity index (χ1n) is 9.55. The summed E-state index contributed by atoms with van der Waals surface area (Å²) >= 11 is 1.67. The summed E-state index contributed by atoms with van der Waals surface area (Å²) in [6.07, 6.45) is 2.84. The van der Waals surface area contributed by atoms with Crippen molar-refractivity contribution in [1.29, 1.82) is 0 Å². The van der Waals surface area contributed by atoms with Crippen molar-refractivity contribution in [2.24, 2.45) is 0 Å². The molecule has 1 saturated heterocycles. The van der Waals surface area contributed by atoms with E-state index in [-0.39, 0.29) is 10.8 Å². The first kappa shape index (κ1) is 20.9. The number of carbonyl (C=O) groups is 1. The minimum absolute atomic E-state index is 0.198. The number of rotatable bonds is 7. The lowest BCUT2D eigenvalue weighted by Gasteiger charge is -2.26. The second-order valence-electron chi connectivity index (χ2n) is 6.86. The van der Waals surface area contributed by atoms with E-state index in [1.165, 1.54) is 10.4 Å². The fraction of sp³-hybridized carbons (Fsp3) is 0.381. The Morgan fingerprint density at radius 1 is 1.07 bits per heavy atom. The molecule has 3 rings (SSSR count). The standard InChI is InChI=1S/C21H26N2O3S2/c1-17-10-11-19(28(25,26)23-13-6-3-7-14-23)16-20(17)21(24)22-12-15-27-18-8-4-2-5-9-18/h2,4-5,8-11,16H,3,6-7,12-15H2,1H3,(H,22,24). The highest BCUT2D eigenvalue weighted by molar-refractivity contribution is 7.99. The number of benzene rings is 2. The molecule has 1 aliphatic rings. The van der Waals surface area contributed by atoms with Crippen LogP contribution in [0.2, 0.25) is 0 Å². The lowest BCUT2D eigenvalue weighted by molar-refractivity contribution is 0.0955. The molecular formula is C21H26N2O3S2. The van der Waals surface area contributed by atoms with Gasteiger partial charge in [-0.05, 0) is 49.6 Å². The van der Waals surface area contributed by atoms with E-state index in [1.54, 1.807) is 23.9 Å². The van der Waals surface area contributed by atoms with Crippen LogP contribution in [-0.2, 0) is 10.0 Å². The molecule has 150 valence electrons. The van der Waals surface area contributed by atoms with Gasteiger partial charge in [0.25, 0.3) is 5.91 Å². The van der Waals surface area contributed by atoms with E-state index in [2.05, 4.69) is 5.32 Å². The Kier molecular flexibility index (Phi) is 7.15. The zero-order valence-corrected chi connectivity index (χ0v) is 17.7. The molecule has 1 N–H and O–H groups in total. The summed E-state index contributed by atoms with van der Waals surface area (Å²) in [6.45, 7) is 3.44. The van der Waals surface area contributed by atoms with E-state index in [4.69, 9.17) is 0 Å². The molecule has 28 heavy (non-hydrogen) atoms. The summed E-state index contributed by atoms with van der Waals surface area (Å²) in [7, 11) is -3.55. The molecule has 7 heteroatoms. The third kappa shape index (κ3) is 5.16. The smallest absolute Gasteiger partial charge is 0.251 e. The molecule has 1 fully saturated rings. The summed E-state index contributed by atoms with van der Waals surface area (Å²) in [5.41, 5.74) is 1.19. The van der Waals surface area contributed by atoms with E-state index >= 15 is 0 Å². The quantitative estimate of drug-likeness (QED) is 0.550. The van der Waals surface area contributed by atoms with Crippen LogP contribution in [0.5, 0.6) is 0 Å². The molecule has 0 saturated carbocycles. The van der Waals surface area contributed by atoms with Crippen molar-refractivity contribution in [3.8, 4) is 0 Å². The number of aryl methyl sites for hydroxylation is 1. The minimum atomic E-state index is -3.55. The molecule has 0 atom stereocenters. The lowest BCUT2D eigenvalue weighted by Crippen LogP contribution is -2.35. The second kappa shape index (κ2) is 9.58. The summed E-state index contributed by atoms with van der Waals surface area (Å²) in [4.78, 5) is 14.0. The first-order chi connectivity index (χ1) is 13.5. The number of amides is 1. The molecule has 0 unspecified atom stereocenters. The van der Waals surface area contributed by atoms with E-state index < -0.39 is 10.0 Å². The minimum Gasteiger partial charge on any atom is -0.351 e. The average molecular weight is 419 g/mol. The molecule has 1 aliphatic heterocycles. The van der Waals surface area contributed by atoms with Crippen LogP contribution in [0.4, 0.5) is 0 Å². The molecule has 2 aromatic carbocycles. The van der Waals surface area contributed by atoms with Crippen LogP contribution in [-0.4, -0.2) is 44.0 Å². The summed E-state index contributed by atoms with van der Waals surface area (Å²) < 4.78 is 27.3. The lowest BCUT2D eigenvalue weighted by atomic mass is 10.1. The van der Waals surface area contributed by atoms with E-state index in [0.29, 0.717) is 25.2 Å². The van der Waals surface area contributed by atoms with Crippen molar-refractivity contribution < 1.29 is 13.2 Å². The normalized spacial score (nSPS) is 15.3. The molecule has 1 amide bonds. The second-order valence-corrected chi connectivity index (χ2v) is 9.97. The SMILES string of the molecule is Cc1ccc(S(=O)(=O)N2CCCCC2)cc1C(=O)NCCSc1ccccc1. The predicted octanol–water partition coefficient (Wildman–Crippen LogP) is 3.69. The van der Waals surface area contributed by atoms with Gasteiger partial charge < -0.3 is 5.32 Å². The molecule has 2 aromatic rings. The van der Waals surface area contributed by atoms with Crippen molar-refractivity contribution in [1.82, 2.24) is 9.62 Å². The number of nitrogens with one attached hydrogen (secondary N) is 1. The van der Waals surface area contributed by atoms with Gasteiger partial charge in [-0.25, -0.2) is 8.42 Å². The van der Waals surface area contributed by atoms with Crippen molar-refractivity contribution >= 4 is 27.7 Å². The fourth-order valence-corrected chi connectivity index (χ4v) is 5.54. The van der Waals surface area contributed by atoms with Gasteiger partial charge in [0.2, 0.25) is 10.0 Å². The van der Waals surface area contributed by atoms with Gasteiger partial charge in [0.05, 0.1) is 4.90 Å². The number of hydrogen-bond donors (Lipinski definition) is 1. The van der Waals surface area contributed by atoms with Crippen molar-refractivity contribution in [3.05, 3.63) is 59.7 Å². The number of sulfonamides is 1. The number of thioether (sulfide) groups is 1. The first-order valence-corrected chi connectivity index (χ1v) is 12.0. The van der Waals surface area contributed by atoms with Crippen LogP contribution in [0.25, 0.3) is 0 Å². The number of carbonyl (C=O) groups excluding carboxylic acids is 1. The maximum atomic E-state index is 12.9. The van der Waals surface area contributed by atoms with E-state index in [1.807, 2.05) is 37.3 Å². The van der Waals surface area contributed by atoms with E-state index in [0.717, 1.165) is 35.5 Å². The van der Waals surface area contributed by atoms with Gasteiger partial charge >= 0.3 is 0 Å². The van der Waals surface area contributed by atoms with Crippen LogP contribution in [0, 0.1) is 6.92 Å². The van der Waals surface area contributed by atoms with Crippen molar-refractivity contribution in [2.45, 2.75) is 36.0 Å². The van der Waals surface area contributed by atoms with Gasteiger partial charge in [0.15, 0.2) is 0 Å². The molecule has 0 spiro atoms. The van der Waals surface area contributed by atoms with Crippen LogP contribution in [0.3, 0.4) is 0 Å². The summed E-state index contributed by atoms with van der Waals surface area (Å²) in [6, 6.07) is 14.8. The van der Waals surface area contributed by atoms with Crippen molar-refractivity contribution in [3.63, 3.8) is 0 Å². The van der Waals surface area contributed by atoms with Crippen LogP contribution in [0.15, 0.2) is 58.3 Å². The Hall–Kier alpha value is -1.83. The molecule has 0 bridgehead atoms. The highest BCUT2D eigenvalue weighted by atomic mass is 32.2. The van der Waals surface area contributed by atoms with Crippen LogP contribution in [0.1, 0.15) is 35.2 Å². The van der Waals surface area contributed by atoms with Gasteiger partial charge in [-0.2, -0.15) is 4.31 Å². The highest BCUT2D eigenvalue weighted by Crippen LogP contribution is 2.23. The average Bonchev–Trinajstić information content (AvgIpc) is 2.72. The molecular weight excluding hydrogens is 392 g/mol. The molecule has 5 nitrogen and oxygen atoms in total. The van der Waals surface area contributed by atoms with Gasteiger partial charge in [-0.1, -0.05) is 30.7 Å². The Bertz CT molecular complexity index is 909. The van der Waals surface area contributed by atoms with Crippen LogP contribution >= 0.6 is 11.8 Å². The topological polar surface area (TPSA) is 66.5 Å². The largest absolute Gasteiger partial charge is 0.351 e. The van der Waals surface area contributed by atoms with Gasteiger partial charge in [-0.15, -0.1) is 11.8 Å². The fourth-order valence-electron chi connectivity index (χ4n) is 3.21. The number of hydrogen-bond acceptors (Lipinski definition) is 4. The van der Waals surface area contributed by atoms with E-state index in [9.17, 15) is 13.2 Å². The molecule has 0 radical (unpaired) electrons. The van der Waals surface area contributed by atoms with Crippen molar-refractivity contribution in [2.75, 3.05) is 25.4 Å². The zero-order valence-electron chi connectivity index (χ0n) is 16.1. The van der Waals surface area contributed by atoms with Gasteiger partial charge in [-0.3, -0.25) is 4.79 Å². The maximum absolute atomic E-state index is 12.9. The summed E-state index contributed by atoms with van der Waals surface area (Å²) in [5.74, 6) is 0.516. The molecule has 0 aromatic heterocycles.